The molecule has 1 atom stereocenters. The van der Waals surface area contributed by atoms with Crippen LogP contribution in [-0.2, 0) is 4.79 Å². The summed E-state index contributed by atoms with van der Waals surface area (Å²) in [5, 5.41) is 14.1. The van der Waals surface area contributed by atoms with E-state index in [9.17, 15) is 9.59 Å². The van der Waals surface area contributed by atoms with Crippen molar-refractivity contribution in [2.24, 2.45) is 0 Å². The molecular formula is C21H23N7O2S. The molecule has 2 aliphatic rings. The summed E-state index contributed by atoms with van der Waals surface area (Å²) in [6, 6.07) is 13.1. The first kappa shape index (κ1) is 19.7. The first-order chi connectivity index (χ1) is 15.2. The molecule has 0 N–H and O–H groups in total. The van der Waals surface area contributed by atoms with Crippen molar-refractivity contribution in [3.05, 3.63) is 52.7 Å². The largest absolute Gasteiger partial charge is 0.337 e. The van der Waals surface area contributed by atoms with Crippen molar-refractivity contribution in [3.8, 4) is 5.69 Å². The predicted molar refractivity (Wildman–Crippen MR) is 116 cm³/mol. The number of carbonyl (C=O) groups excluding carboxylic acids is 2. The first-order valence-corrected chi connectivity index (χ1v) is 11.3. The van der Waals surface area contributed by atoms with Crippen LogP contribution in [0.25, 0.3) is 5.69 Å². The highest BCUT2D eigenvalue weighted by Crippen LogP contribution is 2.25. The summed E-state index contributed by atoms with van der Waals surface area (Å²) in [5.41, 5.74) is 0.898. The third-order valence-electron chi connectivity index (χ3n) is 5.86. The molecule has 31 heavy (non-hydrogen) atoms. The minimum Gasteiger partial charge on any atom is -0.337 e. The number of aromatic nitrogens is 4. The summed E-state index contributed by atoms with van der Waals surface area (Å²) < 4.78 is 1.72. The molecule has 2 amide bonds. The zero-order valence-corrected chi connectivity index (χ0v) is 17.8. The molecule has 4 heterocycles. The SMILES string of the molecule is O=C([C@@H]1CCCN1C(=O)c1cccs1)N1CCN(c2nnnn2-c2ccccc2)CC1. The quantitative estimate of drug-likeness (QED) is 0.617. The van der Waals surface area contributed by atoms with Gasteiger partial charge in [-0.2, -0.15) is 4.68 Å². The van der Waals surface area contributed by atoms with Gasteiger partial charge in [0.15, 0.2) is 0 Å². The van der Waals surface area contributed by atoms with Gasteiger partial charge >= 0.3 is 0 Å². The van der Waals surface area contributed by atoms with Crippen molar-refractivity contribution in [3.63, 3.8) is 0 Å². The summed E-state index contributed by atoms with van der Waals surface area (Å²) in [7, 11) is 0. The number of hydrogen-bond acceptors (Lipinski definition) is 7. The molecule has 0 aliphatic carbocycles. The van der Waals surface area contributed by atoms with Crippen LogP contribution in [0.15, 0.2) is 47.8 Å². The van der Waals surface area contributed by atoms with Crippen molar-refractivity contribution < 1.29 is 9.59 Å². The molecule has 160 valence electrons. The highest BCUT2D eigenvalue weighted by Gasteiger charge is 2.38. The zero-order chi connectivity index (χ0) is 21.2. The standard InChI is InChI=1S/C21H23N7O2S/c29-19(17-8-4-10-27(17)20(30)18-9-5-15-31-18)25-11-13-26(14-12-25)21-22-23-24-28(21)16-6-2-1-3-7-16/h1-3,5-7,9,15,17H,4,8,10-14H2/t17-/m0/s1. The number of para-hydroxylation sites is 1. The van der Waals surface area contributed by atoms with Crippen LogP contribution < -0.4 is 4.90 Å². The van der Waals surface area contributed by atoms with Gasteiger partial charge in [-0.1, -0.05) is 29.4 Å². The summed E-state index contributed by atoms with van der Waals surface area (Å²) >= 11 is 1.42. The monoisotopic (exact) mass is 437 g/mol. The van der Waals surface area contributed by atoms with Crippen LogP contribution in [0.1, 0.15) is 22.5 Å². The molecule has 0 spiro atoms. The average molecular weight is 438 g/mol. The third kappa shape index (κ3) is 3.78. The van der Waals surface area contributed by atoms with E-state index >= 15 is 0 Å². The zero-order valence-electron chi connectivity index (χ0n) is 17.0. The first-order valence-electron chi connectivity index (χ1n) is 10.4. The lowest BCUT2D eigenvalue weighted by molar-refractivity contribution is -0.135. The Bertz CT molecular complexity index is 1040. The van der Waals surface area contributed by atoms with Gasteiger partial charge in [0.25, 0.3) is 5.91 Å². The Morgan fingerprint density at radius 3 is 2.52 bits per heavy atom. The van der Waals surface area contributed by atoms with E-state index in [-0.39, 0.29) is 17.9 Å². The molecule has 2 fully saturated rings. The van der Waals surface area contributed by atoms with Gasteiger partial charge in [0.05, 0.1) is 10.6 Å². The smallest absolute Gasteiger partial charge is 0.264 e. The van der Waals surface area contributed by atoms with E-state index in [4.69, 9.17) is 0 Å². The number of carbonyl (C=O) groups is 2. The average Bonchev–Trinajstić information content (AvgIpc) is 3.60. The number of amides is 2. The van der Waals surface area contributed by atoms with E-state index in [1.807, 2.05) is 52.7 Å². The Hall–Kier alpha value is -3.27. The minimum absolute atomic E-state index is 0.0356. The van der Waals surface area contributed by atoms with Gasteiger partial charge in [-0.25, -0.2) is 0 Å². The predicted octanol–water partition coefficient (Wildman–Crippen LogP) is 1.68. The van der Waals surface area contributed by atoms with Crippen LogP contribution in [0, 0.1) is 0 Å². The normalized spacial score (nSPS) is 19.1. The van der Waals surface area contributed by atoms with E-state index in [2.05, 4.69) is 20.4 Å². The van der Waals surface area contributed by atoms with Gasteiger partial charge in [-0.05, 0) is 46.8 Å². The van der Waals surface area contributed by atoms with Crippen molar-refractivity contribution >= 4 is 29.1 Å². The van der Waals surface area contributed by atoms with Crippen molar-refractivity contribution in [2.45, 2.75) is 18.9 Å². The molecule has 0 unspecified atom stereocenters. The molecule has 3 aromatic rings. The molecule has 10 heteroatoms. The van der Waals surface area contributed by atoms with Crippen LogP contribution in [0.2, 0.25) is 0 Å². The molecule has 5 rings (SSSR count). The molecule has 0 saturated carbocycles. The molecule has 0 bridgehead atoms. The Balaban J connectivity index is 1.25. The third-order valence-corrected chi connectivity index (χ3v) is 6.72. The van der Waals surface area contributed by atoms with Gasteiger partial charge in [0.1, 0.15) is 6.04 Å². The van der Waals surface area contributed by atoms with Crippen molar-refractivity contribution in [2.75, 3.05) is 37.6 Å². The van der Waals surface area contributed by atoms with E-state index in [1.165, 1.54) is 11.3 Å². The number of benzene rings is 1. The van der Waals surface area contributed by atoms with Crippen LogP contribution in [0.4, 0.5) is 5.95 Å². The molecule has 0 radical (unpaired) electrons. The highest BCUT2D eigenvalue weighted by atomic mass is 32.1. The van der Waals surface area contributed by atoms with Crippen LogP contribution in [-0.4, -0.2) is 80.6 Å². The van der Waals surface area contributed by atoms with Gasteiger partial charge in [0, 0.05) is 32.7 Å². The van der Waals surface area contributed by atoms with Crippen LogP contribution >= 0.6 is 11.3 Å². The number of piperazine rings is 1. The number of tetrazole rings is 1. The lowest BCUT2D eigenvalue weighted by Gasteiger charge is -2.37. The summed E-state index contributed by atoms with van der Waals surface area (Å²) in [5.74, 6) is 0.685. The maximum absolute atomic E-state index is 13.2. The van der Waals surface area contributed by atoms with E-state index in [0.29, 0.717) is 43.5 Å². The Morgan fingerprint density at radius 2 is 1.77 bits per heavy atom. The molecule has 9 nitrogen and oxygen atoms in total. The minimum atomic E-state index is -0.365. The summed E-state index contributed by atoms with van der Waals surface area (Å²) in [6.07, 6.45) is 1.59. The fourth-order valence-corrected chi connectivity index (χ4v) is 4.94. The molecule has 2 saturated heterocycles. The van der Waals surface area contributed by atoms with Gasteiger partial charge < -0.3 is 14.7 Å². The highest BCUT2D eigenvalue weighted by molar-refractivity contribution is 7.12. The van der Waals surface area contributed by atoms with E-state index < -0.39 is 0 Å². The topological polar surface area (TPSA) is 87.5 Å². The fourth-order valence-electron chi connectivity index (χ4n) is 4.26. The second-order valence-corrected chi connectivity index (χ2v) is 8.62. The number of hydrogen-bond donors (Lipinski definition) is 0. The van der Waals surface area contributed by atoms with Gasteiger partial charge in [0.2, 0.25) is 11.9 Å². The van der Waals surface area contributed by atoms with Crippen LogP contribution in [0.3, 0.4) is 0 Å². The second kappa shape index (κ2) is 8.46. The fraction of sp³-hybridized carbons (Fsp3) is 0.381. The number of nitrogens with zero attached hydrogens (tertiary/aromatic N) is 7. The lowest BCUT2D eigenvalue weighted by atomic mass is 10.1. The lowest BCUT2D eigenvalue weighted by Crippen LogP contribution is -2.54. The number of thiophene rings is 1. The number of anilines is 1. The summed E-state index contributed by atoms with van der Waals surface area (Å²) in [6.45, 7) is 3.09. The van der Waals surface area contributed by atoms with Crippen molar-refractivity contribution in [1.82, 2.24) is 30.0 Å². The molecular weight excluding hydrogens is 414 g/mol. The van der Waals surface area contributed by atoms with Gasteiger partial charge in [-0.15, -0.1) is 11.3 Å². The second-order valence-electron chi connectivity index (χ2n) is 7.67. The molecule has 1 aromatic carbocycles. The number of rotatable bonds is 4. The Kier molecular flexibility index (Phi) is 5.37. The summed E-state index contributed by atoms with van der Waals surface area (Å²) in [4.78, 5) is 32.5. The maximum Gasteiger partial charge on any atom is 0.264 e. The van der Waals surface area contributed by atoms with E-state index in [1.54, 1.807) is 9.58 Å². The maximum atomic E-state index is 13.2. The molecule has 2 aliphatic heterocycles. The Labute approximate surface area is 183 Å². The molecule has 2 aromatic heterocycles. The van der Waals surface area contributed by atoms with Crippen molar-refractivity contribution in [1.29, 1.82) is 0 Å². The van der Waals surface area contributed by atoms with E-state index in [0.717, 1.165) is 18.5 Å². The number of likely N-dealkylation sites (tertiary alicyclic amines) is 1. The Morgan fingerprint density at radius 1 is 0.968 bits per heavy atom. The van der Waals surface area contributed by atoms with Crippen LogP contribution in [0.5, 0.6) is 0 Å². The van der Waals surface area contributed by atoms with Gasteiger partial charge in [-0.3, -0.25) is 9.59 Å².